The molecule has 0 aliphatic carbocycles. The molecule has 0 amide bonds. The molecule has 0 radical (unpaired) electrons. The fraction of sp³-hybridized carbons (Fsp3) is 0.750. The van der Waals surface area contributed by atoms with Crippen LogP contribution in [0.5, 0.6) is 0 Å². The fourth-order valence-electron chi connectivity index (χ4n) is 1.50. The van der Waals surface area contributed by atoms with Crippen molar-refractivity contribution in [1.29, 1.82) is 0 Å². The van der Waals surface area contributed by atoms with Gasteiger partial charge in [0.15, 0.2) is 6.10 Å². The summed E-state index contributed by atoms with van der Waals surface area (Å²) in [4.78, 5) is 33.1. The second-order valence-corrected chi connectivity index (χ2v) is 5.26. The van der Waals surface area contributed by atoms with Crippen LogP contribution in [-0.4, -0.2) is 68.4 Å². The number of likely N-dealkylation sites (N-methyl/N-ethyl adjacent to an activating group) is 1. The fourth-order valence-corrected chi connectivity index (χ4v) is 1.50. The normalized spacial score (nSPS) is 12.6. The molecule has 1 atom stereocenters. The molecule has 7 nitrogen and oxygen atoms in total. The maximum absolute atomic E-state index is 11.5. The first kappa shape index (κ1) is 17.4. The average Bonchev–Trinajstić information content (AvgIpc) is 2.22. The highest BCUT2D eigenvalue weighted by molar-refractivity contribution is 5.78. The largest absolute Gasteiger partial charge is 0.481 e. The van der Waals surface area contributed by atoms with Crippen molar-refractivity contribution in [2.24, 2.45) is 0 Å². The van der Waals surface area contributed by atoms with Crippen LogP contribution in [-0.2, 0) is 23.9 Å². The molecule has 0 saturated heterocycles. The summed E-state index contributed by atoms with van der Waals surface area (Å²) in [6.07, 6.45) is -1.14. The van der Waals surface area contributed by atoms with Crippen LogP contribution in [0.25, 0.3) is 0 Å². The van der Waals surface area contributed by atoms with Gasteiger partial charge in [0, 0.05) is 0 Å². The summed E-state index contributed by atoms with van der Waals surface area (Å²) in [6.45, 7) is 0.385. The summed E-state index contributed by atoms with van der Waals surface area (Å²) in [5.41, 5.74) is 0. The summed E-state index contributed by atoms with van der Waals surface area (Å²) in [5.74, 6) is -2.12. The lowest BCUT2D eigenvalue weighted by atomic mass is 10.2. The number of quaternary nitrogens is 1. The third-order valence-electron chi connectivity index (χ3n) is 2.21. The van der Waals surface area contributed by atoms with E-state index >= 15 is 0 Å². The van der Waals surface area contributed by atoms with Crippen molar-refractivity contribution in [3.8, 4) is 0 Å². The minimum atomic E-state index is -1.03. The Kier molecular flexibility index (Phi) is 7.06. The molecular weight excluding hydrogens is 254 g/mol. The summed E-state index contributed by atoms with van der Waals surface area (Å²) >= 11 is 0. The quantitative estimate of drug-likeness (QED) is 0.497. The van der Waals surface area contributed by atoms with Crippen LogP contribution < -0.4 is 0 Å². The molecule has 0 aromatic carbocycles. The molecule has 0 aromatic rings. The molecule has 0 heterocycles. The van der Waals surface area contributed by atoms with Gasteiger partial charge in [-0.15, -0.1) is 0 Å². The first-order chi connectivity index (χ1) is 8.64. The Hall–Kier alpha value is -1.63. The Morgan fingerprint density at radius 1 is 1.11 bits per heavy atom. The van der Waals surface area contributed by atoms with E-state index in [4.69, 9.17) is 9.84 Å². The van der Waals surface area contributed by atoms with E-state index in [0.29, 0.717) is 11.0 Å². The molecule has 19 heavy (non-hydrogen) atoms. The number of carbonyl (C=O) groups excluding carboxylic acids is 2. The van der Waals surface area contributed by atoms with Crippen LogP contribution in [0.1, 0.15) is 19.3 Å². The van der Waals surface area contributed by atoms with Gasteiger partial charge in [-0.25, -0.2) is 0 Å². The van der Waals surface area contributed by atoms with E-state index in [9.17, 15) is 14.4 Å². The molecule has 7 heteroatoms. The summed E-state index contributed by atoms with van der Waals surface area (Å²) in [7, 11) is 6.85. The highest BCUT2D eigenvalue weighted by atomic mass is 16.5. The molecule has 1 unspecified atom stereocenters. The number of rotatable bonds is 8. The Morgan fingerprint density at radius 2 is 1.63 bits per heavy atom. The van der Waals surface area contributed by atoms with Crippen molar-refractivity contribution in [1.82, 2.24) is 0 Å². The van der Waals surface area contributed by atoms with Gasteiger partial charge in [-0.2, -0.15) is 0 Å². The predicted molar refractivity (Wildman–Crippen MR) is 66.3 cm³/mol. The van der Waals surface area contributed by atoms with E-state index in [-0.39, 0.29) is 19.3 Å². The lowest BCUT2D eigenvalue weighted by molar-refractivity contribution is -0.873. The number of hydrogen-bond acceptors (Lipinski definition) is 5. The maximum atomic E-state index is 11.5. The SMILES string of the molecule is COC(=O)CCC(=O)OC(CC(=O)O)C[N+](C)(C)C. The van der Waals surface area contributed by atoms with Crippen LogP contribution in [0.15, 0.2) is 0 Å². The number of ether oxygens (including phenoxy) is 2. The second-order valence-electron chi connectivity index (χ2n) is 5.26. The van der Waals surface area contributed by atoms with Crippen molar-refractivity contribution in [3.63, 3.8) is 0 Å². The molecular formula is C12H22NO6+. The van der Waals surface area contributed by atoms with Crippen molar-refractivity contribution >= 4 is 17.9 Å². The number of aliphatic carboxylic acids is 1. The van der Waals surface area contributed by atoms with Gasteiger partial charge in [-0.05, 0) is 0 Å². The van der Waals surface area contributed by atoms with E-state index < -0.39 is 24.0 Å². The number of carboxylic acids is 1. The summed E-state index contributed by atoms with van der Waals surface area (Å²) in [6, 6.07) is 0. The Bertz CT molecular complexity index is 334. The van der Waals surface area contributed by atoms with Crippen molar-refractivity contribution in [2.45, 2.75) is 25.4 Å². The number of hydrogen-bond donors (Lipinski definition) is 1. The minimum absolute atomic E-state index is 0.0699. The first-order valence-electron chi connectivity index (χ1n) is 5.92. The molecule has 1 N–H and O–H groups in total. The third-order valence-corrected chi connectivity index (χ3v) is 2.21. The molecule has 0 fully saturated rings. The maximum Gasteiger partial charge on any atom is 0.307 e. The van der Waals surface area contributed by atoms with Gasteiger partial charge in [0.2, 0.25) is 0 Å². The van der Waals surface area contributed by atoms with Crippen LogP contribution in [0.2, 0.25) is 0 Å². The minimum Gasteiger partial charge on any atom is -0.481 e. The van der Waals surface area contributed by atoms with Crippen molar-refractivity contribution < 1.29 is 33.4 Å². The average molecular weight is 276 g/mol. The highest BCUT2D eigenvalue weighted by Crippen LogP contribution is 2.07. The third kappa shape index (κ3) is 10.0. The molecule has 0 aromatic heterocycles. The van der Waals surface area contributed by atoms with E-state index in [2.05, 4.69) is 4.74 Å². The van der Waals surface area contributed by atoms with Crippen molar-refractivity contribution in [2.75, 3.05) is 34.8 Å². The lowest BCUT2D eigenvalue weighted by Crippen LogP contribution is -2.43. The van der Waals surface area contributed by atoms with Crippen LogP contribution in [0.4, 0.5) is 0 Å². The summed E-state index contributed by atoms with van der Waals surface area (Å²) in [5, 5.41) is 8.78. The second kappa shape index (κ2) is 7.73. The van der Waals surface area contributed by atoms with E-state index in [0.717, 1.165) is 0 Å². The molecule has 0 spiro atoms. The van der Waals surface area contributed by atoms with Crippen LogP contribution in [0, 0.1) is 0 Å². The monoisotopic (exact) mass is 276 g/mol. The highest BCUT2D eigenvalue weighted by Gasteiger charge is 2.24. The van der Waals surface area contributed by atoms with Gasteiger partial charge in [0.25, 0.3) is 0 Å². The Balaban J connectivity index is 4.34. The zero-order chi connectivity index (χ0) is 15.1. The lowest BCUT2D eigenvalue weighted by Gasteiger charge is -2.28. The van der Waals surface area contributed by atoms with Gasteiger partial charge in [-0.1, -0.05) is 0 Å². The standard InChI is InChI=1S/C12H21NO6/c1-13(2,3)8-9(7-10(14)15)19-12(17)6-5-11(16)18-4/h9H,5-8H2,1-4H3/p+1. The smallest absolute Gasteiger partial charge is 0.307 e. The van der Waals surface area contributed by atoms with Gasteiger partial charge >= 0.3 is 17.9 Å². The van der Waals surface area contributed by atoms with E-state index in [1.807, 2.05) is 21.1 Å². The number of esters is 2. The summed E-state index contributed by atoms with van der Waals surface area (Å²) < 4.78 is 9.97. The van der Waals surface area contributed by atoms with Gasteiger partial charge in [0.1, 0.15) is 6.54 Å². The molecule has 0 bridgehead atoms. The van der Waals surface area contributed by atoms with Crippen LogP contribution in [0.3, 0.4) is 0 Å². The van der Waals surface area contributed by atoms with Gasteiger partial charge in [-0.3, -0.25) is 14.4 Å². The zero-order valence-electron chi connectivity index (χ0n) is 11.8. The number of carbonyl (C=O) groups is 3. The molecule has 0 aliphatic heterocycles. The van der Waals surface area contributed by atoms with Crippen molar-refractivity contribution in [3.05, 3.63) is 0 Å². The predicted octanol–water partition coefficient (Wildman–Crippen LogP) is 0.0323. The Morgan fingerprint density at radius 3 is 2.05 bits per heavy atom. The number of carboxylic acid groups (broad SMARTS) is 1. The number of nitrogens with zero attached hydrogens (tertiary/aromatic N) is 1. The first-order valence-corrected chi connectivity index (χ1v) is 5.92. The van der Waals surface area contributed by atoms with Crippen LogP contribution >= 0.6 is 0 Å². The molecule has 110 valence electrons. The zero-order valence-corrected chi connectivity index (χ0v) is 11.8. The van der Waals surface area contributed by atoms with E-state index in [1.54, 1.807) is 0 Å². The van der Waals surface area contributed by atoms with Gasteiger partial charge in [0.05, 0.1) is 47.5 Å². The van der Waals surface area contributed by atoms with Gasteiger partial charge < -0.3 is 19.1 Å². The topological polar surface area (TPSA) is 89.9 Å². The Labute approximate surface area is 112 Å². The molecule has 0 rings (SSSR count). The molecule has 0 aliphatic rings. The van der Waals surface area contributed by atoms with E-state index in [1.165, 1.54) is 7.11 Å². The number of methoxy groups -OCH3 is 1. The molecule has 0 saturated carbocycles.